The molecule has 0 radical (unpaired) electrons. The number of ether oxygens (including phenoxy) is 1. The molecule has 0 aliphatic carbocycles. The number of methoxy groups -OCH3 is 1. The number of nitrogens with zero attached hydrogens (tertiary/aromatic N) is 1. The summed E-state index contributed by atoms with van der Waals surface area (Å²) in [4.78, 5) is 14.4. The Labute approximate surface area is 138 Å². The van der Waals surface area contributed by atoms with Crippen LogP contribution in [0, 0.1) is 5.92 Å². The Bertz CT molecular complexity index is 492. The SMILES string of the molecule is COCCN1C(=O)[C@H](C(O)CCc2ccccc2)NC1C(C)C. The highest BCUT2D eigenvalue weighted by atomic mass is 16.5. The van der Waals surface area contributed by atoms with Gasteiger partial charge in [0.15, 0.2) is 0 Å². The molecule has 1 aliphatic heterocycles. The van der Waals surface area contributed by atoms with Crippen molar-refractivity contribution in [2.75, 3.05) is 20.3 Å². The van der Waals surface area contributed by atoms with Gasteiger partial charge in [-0.1, -0.05) is 44.2 Å². The Morgan fingerprint density at radius 1 is 1.30 bits per heavy atom. The van der Waals surface area contributed by atoms with E-state index in [9.17, 15) is 9.90 Å². The third-order valence-corrected chi connectivity index (χ3v) is 4.36. The maximum Gasteiger partial charge on any atom is 0.243 e. The number of carbonyl (C=O) groups excluding carboxylic acids is 1. The van der Waals surface area contributed by atoms with Crippen LogP contribution in [0.25, 0.3) is 0 Å². The van der Waals surface area contributed by atoms with Gasteiger partial charge in [-0.15, -0.1) is 0 Å². The second-order valence-electron chi connectivity index (χ2n) is 6.45. The van der Waals surface area contributed by atoms with E-state index in [2.05, 4.69) is 19.2 Å². The number of benzene rings is 1. The molecule has 0 saturated carbocycles. The summed E-state index contributed by atoms with van der Waals surface area (Å²) in [5, 5.41) is 13.8. The Hall–Kier alpha value is -1.43. The van der Waals surface area contributed by atoms with E-state index in [0.717, 1.165) is 6.42 Å². The number of aryl methyl sites for hydroxylation is 1. The van der Waals surface area contributed by atoms with Gasteiger partial charge >= 0.3 is 0 Å². The summed E-state index contributed by atoms with van der Waals surface area (Å²) in [7, 11) is 1.63. The monoisotopic (exact) mass is 320 g/mol. The summed E-state index contributed by atoms with van der Waals surface area (Å²) in [5.41, 5.74) is 1.17. The molecular formula is C18H28N2O3. The van der Waals surface area contributed by atoms with Gasteiger partial charge in [0.25, 0.3) is 0 Å². The lowest BCUT2D eigenvalue weighted by molar-refractivity contribution is -0.133. The van der Waals surface area contributed by atoms with E-state index in [-0.39, 0.29) is 18.0 Å². The third-order valence-electron chi connectivity index (χ3n) is 4.36. The number of amides is 1. The minimum atomic E-state index is -0.684. The Kier molecular flexibility index (Phi) is 6.57. The van der Waals surface area contributed by atoms with Crippen LogP contribution in [0.4, 0.5) is 0 Å². The Balaban J connectivity index is 1.96. The van der Waals surface area contributed by atoms with Crippen LogP contribution in [-0.4, -0.2) is 54.5 Å². The molecule has 3 atom stereocenters. The number of aliphatic hydroxyl groups is 1. The number of hydrogen-bond acceptors (Lipinski definition) is 4. The van der Waals surface area contributed by atoms with Crippen molar-refractivity contribution in [2.45, 2.75) is 45.0 Å². The fraction of sp³-hybridized carbons (Fsp3) is 0.611. The first kappa shape index (κ1) is 17.9. The zero-order valence-corrected chi connectivity index (χ0v) is 14.2. The number of nitrogens with one attached hydrogen (secondary N) is 1. The summed E-state index contributed by atoms with van der Waals surface area (Å²) >= 11 is 0. The smallest absolute Gasteiger partial charge is 0.243 e. The van der Waals surface area contributed by atoms with Crippen molar-refractivity contribution in [3.8, 4) is 0 Å². The molecule has 0 spiro atoms. The molecule has 1 aliphatic rings. The van der Waals surface area contributed by atoms with E-state index >= 15 is 0 Å². The van der Waals surface area contributed by atoms with Crippen LogP contribution < -0.4 is 5.32 Å². The summed E-state index contributed by atoms with van der Waals surface area (Å²) in [6.07, 6.45) is 0.597. The van der Waals surface area contributed by atoms with Crippen molar-refractivity contribution in [1.82, 2.24) is 10.2 Å². The molecule has 128 valence electrons. The van der Waals surface area contributed by atoms with Gasteiger partial charge in [0.1, 0.15) is 6.04 Å². The van der Waals surface area contributed by atoms with Crippen LogP contribution in [-0.2, 0) is 16.0 Å². The Morgan fingerprint density at radius 2 is 2.00 bits per heavy atom. The lowest BCUT2D eigenvalue weighted by atomic mass is 10.0. The minimum absolute atomic E-state index is 0.0266. The molecule has 2 rings (SSSR count). The molecule has 23 heavy (non-hydrogen) atoms. The van der Waals surface area contributed by atoms with Crippen LogP contribution in [0.2, 0.25) is 0 Å². The van der Waals surface area contributed by atoms with Crippen molar-refractivity contribution in [3.63, 3.8) is 0 Å². The third kappa shape index (κ3) is 4.53. The van der Waals surface area contributed by atoms with E-state index in [0.29, 0.717) is 19.6 Å². The second kappa shape index (κ2) is 8.43. The average molecular weight is 320 g/mol. The first-order valence-electron chi connectivity index (χ1n) is 8.32. The van der Waals surface area contributed by atoms with E-state index in [4.69, 9.17) is 4.74 Å². The number of carbonyl (C=O) groups is 1. The number of rotatable bonds is 8. The van der Waals surface area contributed by atoms with Crippen LogP contribution in [0.15, 0.2) is 30.3 Å². The first-order chi connectivity index (χ1) is 11.0. The molecule has 1 fully saturated rings. The molecule has 1 heterocycles. The zero-order valence-electron chi connectivity index (χ0n) is 14.2. The summed E-state index contributed by atoms with van der Waals surface area (Å²) < 4.78 is 5.10. The summed E-state index contributed by atoms with van der Waals surface area (Å²) in [6.45, 7) is 5.20. The molecule has 1 aromatic carbocycles. The van der Waals surface area contributed by atoms with Gasteiger partial charge in [-0.05, 0) is 24.3 Å². The molecule has 1 saturated heterocycles. The molecule has 1 aromatic rings. The van der Waals surface area contributed by atoms with Gasteiger partial charge in [-0.25, -0.2) is 0 Å². The van der Waals surface area contributed by atoms with Crippen molar-refractivity contribution in [1.29, 1.82) is 0 Å². The number of aliphatic hydroxyl groups excluding tert-OH is 1. The van der Waals surface area contributed by atoms with Crippen LogP contribution in [0.3, 0.4) is 0 Å². The van der Waals surface area contributed by atoms with Crippen molar-refractivity contribution in [3.05, 3.63) is 35.9 Å². The van der Waals surface area contributed by atoms with Gasteiger partial charge in [-0.2, -0.15) is 0 Å². The lowest BCUT2D eigenvalue weighted by Crippen LogP contribution is -2.43. The topological polar surface area (TPSA) is 61.8 Å². The predicted octanol–water partition coefficient (Wildman–Crippen LogP) is 1.41. The molecule has 2 unspecified atom stereocenters. The van der Waals surface area contributed by atoms with E-state index in [1.807, 2.05) is 30.3 Å². The van der Waals surface area contributed by atoms with Gasteiger partial charge in [-0.3, -0.25) is 10.1 Å². The van der Waals surface area contributed by atoms with Crippen LogP contribution in [0.5, 0.6) is 0 Å². The van der Waals surface area contributed by atoms with Crippen LogP contribution >= 0.6 is 0 Å². The molecule has 2 N–H and O–H groups in total. The molecular weight excluding hydrogens is 292 g/mol. The van der Waals surface area contributed by atoms with E-state index in [1.54, 1.807) is 12.0 Å². The highest BCUT2D eigenvalue weighted by Crippen LogP contribution is 2.21. The molecule has 5 nitrogen and oxygen atoms in total. The molecule has 5 heteroatoms. The summed E-state index contributed by atoms with van der Waals surface area (Å²) in [5.74, 6) is 0.253. The normalized spacial score (nSPS) is 22.8. The largest absolute Gasteiger partial charge is 0.391 e. The zero-order chi connectivity index (χ0) is 16.8. The maximum absolute atomic E-state index is 12.6. The highest BCUT2D eigenvalue weighted by molar-refractivity contribution is 5.85. The Morgan fingerprint density at radius 3 is 2.61 bits per heavy atom. The molecule has 0 aromatic heterocycles. The maximum atomic E-state index is 12.6. The van der Waals surface area contributed by atoms with Crippen molar-refractivity contribution in [2.24, 2.45) is 5.92 Å². The van der Waals surface area contributed by atoms with E-state index < -0.39 is 12.1 Å². The second-order valence-corrected chi connectivity index (χ2v) is 6.45. The van der Waals surface area contributed by atoms with E-state index in [1.165, 1.54) is 5.56 Å². The highest BCUT2D eigenvalue weighted by Gasteiger charge is 2.42. The minimum Gasteiger partial charge on any atom is -0.391 e. The number of hydrogen-bond donors (Lipinski definition) is 2. The fourth-order valence-electron chi connectivity index (χ4n) is 3.05. The van der Waals surface area contributed by atoms with Crippen molar-refractivity contribution >= 4 is 5.91 Å². The van der Waals surface area contributed by atoms with Crippen molar-refractivity contribution < 1.29 is 14.6 Å². The van der Waals surface area contributed by atoms with Crippen LogP contribution in [0.1, 0.15) is 25.8 Å². The van der Waals surface area contributed by atoms with Gasteiger partial charge < -0.3 is 14.7 Å². The first-order valence-corrected chi connectivity index (χ1v) is 8.32. The summed E-state index contributed by atoms with van der Waals surface area (Å²) in [6, 6.07) is 9.51. The van der Waals surface area contributed by atoms with Gasteiger partial charge in [0.05, 0.1) is 18.9 Å². The predicted molar refractivity (Wildman–Crippen MR) is 89.9 cm³/mol. The molecule has 0 bridgehead atoms. The standard InChI is InChI=1S/C18H28N2O3/c1-13(2)17-19-16(18(22)20(17)11-12-23-3)15(21)10-9-14-7-5-4-6-8-14/h4-8,13,15-17,19,21H,9-12H2,1-3H3/t15?,16-,17?/m0/s1. The van der Waals surface area contributed by atoms with Gasteiger partial charge in [0, 0.05) is 13.7 Å². The lowest BCUT2D eigenvalue weighted by Gasteiger charge is -2.26. The van der Waals surface area contributed by atoms with Gasteiger partial charge in [0.2, 0.25) is 5.91 Å². The molecule has 1 amide bonds. The quantitative estimate of drug-likeness (QED) is 0.760. The fourth-order valence-corrected chi connectivity index (χ4v) is 3.05. The average Bonchev–Trinajstić information content (AvgIpc) is 2.88.